The van der Waals surface area contributed by atoms with Gasteiger partial charge < -0.3 is 10.8 Å². The van der Waals surface area contributed by atoms with Crippen LogP contribution < -0.4 is 5.73 Å². The molecule has 20 heavy (non-hydrogen) atoms. The van der Waals surface area contributed by atoms with Crippen LogP contribution in [0, 0.1) is 0 Å². The molecule has 2 rings (SSSR count). The summed E-state index contributed by atoms with van der Waals surface area (Å²) in [5.74, 6) is -1.83. The summed E-state index contributed by atoms with van der Waals surface area (Å²) in [7, 11) is 0. The second-order valence-corrected chi connectivity index (χ2v) is 4.92. The first kappa shape index (κ1) is 14.4. The molecule has 0 saturated heterocycles. The SMILES string of the molecule is NC(=O)c1cc(Cl)cc(C(=O)c2ccc(Cl)cc2)c1O. The lowest BCUT2D eigenvalue weighted by Gasteiger charge is -2.08. The molecule has 0 atom stereocenters. The molecular formula is C14H9Cl2NO3. The van der Waals surface area contributed by atoms with Crippen molar-refractivity contribution in [2.45, 2.75) is 0 Å². The third-order valence-corrected chi connectivity index (χ3v) is 3.16. The van der Waals surface area contributed by atoms with Gasteiger partial charge in [0.2, 0.25) is 0 Å². The minimum atomic E-state index is -0.866. The van der Waals surface area contributed by atoms with Crippen LogP contribution in [0.1, 0.15) is 26.3 Å². The maximum absolute atomic E-state index is 12.3. The van der Waals surface area contributed by atoms with E-state index in [1.165, 1.54) is 24.3 Å². The van der Waals surface area contributed by atoms with Gasteiger partial charge in [-0.25, -0.2) is 0 Å². The van der Waals surface area contributed by atoms with Gasteiger partial charge in [-0.2, -0.15) is 0 Å². The standard InChI is InChI=1S/C14H9Cl2NO3/c15-8-3-1-7(2-4-8)12(18)10-5-9(16)6-11(13(10)19)14(17)20/h1-6,19H,(H2,17,20). The highest BCUT2D eigenvalue weighted by Gasteiger charge is 2.20. The number of nitrogens with two attached hydrogens (primary N) is 1. The largest absolute Gasteiger partial charge is 0.506 e. The Kier molecular flexibility index (Phi) is 3.97. The zero-order chi connectivity index (χ0) is 14.9. The molecule has 3 N–H and O–H groups in total. The van der Waals surface area contributed by atoms with Gasteiger partial charge in [0, 0.05) is 15.6 Å². The van der Waals surface area contributed by atoms with Crippen LogP contribution in [0.2, 0.25) is 10.0 Å². The molecule has 0 fully saturated rings. The van der Waals surface area contributed by atoms with Gasteiger partial charge in [-0.15, -0.1) is 0 Å². The summed E-state index contributed by atoms with van der Waals surface area (Å²) in [6, 6.07) is 8.60. The molecule has 0 aromatic heterocycles. The van der Waals surface area contributed by atoms with Crippen molar-refractivity contribution in [1.82, 2.24) is 0 Å². The molecule has 0 bridgehead atoms. The van der Waals surface area contributed by atoms with Crippen LogP contribution in [0.25, 0.3) is 0 Å². The number of ketones is 1. The summed E-state index contributed by atoms with van der Waals surface area (Å²) in [5.41, 5.74) is 5.14. The zero-order valence-electron chi connectivity index (χ0n) is 10.1. The van der Waals surface area contributed by atoms with Gasteiger partial charge in [0.15, 0.2) is 5.78 Å². The Morgan fingerprint density at radius 1 is 0.950 bits per heavy atom. The van der Waals surface area contributed by atoms with Gasteiger partial charge in [0.25, 0.3) is 5.91 Å². The summed E-state index contributed by atoms with van der Waals surface area (Å²) >= 11 is 11.6. The van der Waals surface area contributed by atoms with Crippen molar-refractivity contribution < 1.29 is 14.7 Å². The number of aromatic hydroxyl groups is 1. The van der Waals surface area contributed by atoms with Crippen LogP contribution in [-0.4, -0.2) is 16.8 Å². The molecule has 6 heteroatoms. The molecule has 4 nitrogen and oxygen atoms in total. The molecule has 2 aromatic rings. The minimum absolute atomic E-state index is 0.0892. The second-order valence-electron chi connectivity index (χ2n) is 4.05. The lowest BCUT2D eigenvalue weighted by Crippen LogP contribution is -2.13. The second kappa shape index (κ2) is 5.53. The molecule has 0 radical (unpaired) electrons. The van der Waals surface area contributed by atoms with E-state index in [2.05, 4.69) is 0 Å². The average Bonchev–Trinajstić information content (AvgIpc) is 2.41. The number of primary amides is 1. The Hall–Kier alpha value is -2.04. The number of benzene rings is 2. The van der Waals surface area contributed by atoms with Crippen molar-refractivity contribution in [2.24, 2.45) is 5.73 Å². The molecular weight excluding hydrogens is 301 g/mol. The van der Waals surface area contributed by atoms with Crippen molar-refractivity contribution in [3.05, 3.63) is 63.1 Å². The Labute approximate surface area is 124 Å². The number of amides is 1. The van der Waals surface area contributed by atoms with Crippen LogP contribution in [0.5, 0.6) is 5.75 Å². The van der Waals surface area contributed by atoms with E-state index < -0.39 is 17.4 Å². The average molecular weight is 310 g/mol. The highest BCUT2D eigenvalue weighted by molar-refractivity contribution is 6.32. The Balaban J connectivity index is 2.55. The molecule has 0 unspecified atom stereocenters. The van der Waals surface area contributed by atoms with Gasteiger partial charge in [-0.1, -0.05) is 23.2 Å². The molecule has 2 aromatic carbocycles. The number of carbonyl (C=O) groups is 2. The number of rotatable bonds is 3. The van der Waals surface area contributed by atoms with Crippen LogP contribution >= 0.6 is 23.2 Å². The van der Waals surface area contributed by atoms with E-state index in [0.717, 1.165) is 0 Å². The highest BCUT2D eigenvalue weighted by atomic mass is 35.5. The van der Waals surface area contributed by atoms with Crippen molar-refractivity contribution in [3.63, 3.8) is 0 Å². The van der Waals surface area contributed by atoms with Gasteiger partial charge in [-0.3, -0.25) is 9.59 Å². The Morgan fingerprint density at radius 2 is 1.50 bits per heavy atom. The number of hydrogen-bond donors (Lipinski definition) is 2. The van der Waals surface area contributed by atoms with E-state index in [1.54, 1.807) is 12.1 Å². The van der Waals surface area contributed by atoms with E-state index in [4.69, 9.17) is 28.9 Å². The molecule has 0 aliphatic carbocycles. The predicted molar refractivity (Wildman–Crippen MR) is 76.5 cm³/mol. The molecule has 0 saturated carbocycles. The molecule has 0 aliphatic heterocycles. The van der Waals surface area contributed by atoms with E-state index in [0.29, 0.717) is 10.6 Å². The number of carbonyl (C=O) groups excluding carboxylic acids is 2. The van der Waals surface area contributed by atoms with Gasteiger partial charge >= 0.3 is 0 Å². The first-order valence-electron chi connectivity index (χ1n) is 5.52. The van der Waals surface area contributed by atoms with Gasteiger partial charge in [0.05, 0.1) is 11.1 Å². The summed E-state index contributed by atoms with van der Waals surface area (Å²) in [5, 5.41) is 10.6. The summed E-state index contributed by atoms with van der Waals surface area (Å²) in [6.07, 6.45) is 0. The van der Waals surface area contributed by atoms with Crippen LogP contribution in [-0.2, 0) is 0 Å². The predicted octanol–water partition coefficient (Wildman–Crippen LogP) is 3.03. The normalized spacial score (nSPS) is 10.3. The molecule has 102 valence electrons. The van der Waals surface area contributed by atoms with Crippen molar-refractivity contribution in [3.8, 4) is 5.75 Å². The first-order valence-corrected chi connectivity index (χ1v) is 6.28. The fourth-order valence-electron chi connectivity index (χ4n) is 1.72. The van der Waals surface area contributed by atoms with Crippen LogP contribution in [0.15, 0.2) is 36.4 Å². The van der Waals surface area contributed by atoms with Crippen molar-refractivity contribution in [2.75, 3.05) is 0 Å². The lowest BCUT2D eigenvalue weighted by molar-refractivity contribution is 0.0997. The fourth-order valence-corrected chi connectivity index (χ4v) is 2.06. The van der Waals surface area contributed by atoms with Gasteiger partial charge in [-0.05, 0) is 36.4 Å². The maximum Gasteiger partial charge on any atom is 0.252 e. The fraction of sp³-hybridized carbons (Fsp3) is 0. The van der Waals surface area contributed by atoms with E-state index in [1.807, 2.05) is 0 Å². The number of halogens is 2. The summed E-state index contributed by atoms with van der Waals surface area (Å²) in [6.45, 7) is 0. The molecule has 0 spiro atoms. The number of phenols is 1. The summed E-state index contributed by atoms with van der Waals surface area (Å²) in [4.78, 5) is 23.5. The Morgan fingerprint density at radius 3 is 2.05 bits per heavy atom. The molecule has 1 amide bonds. The summed E-state index contributed by atoms with van der Waals surface area (Å²) < 4.78 is 0. The zero-order valence-corrected chi connectivity index (χ0v) is 11.6. The maximum atomic E-state index is 12.3. The topological polar surface area (TPSA) is 80.4 Å². The van der Waals surface area contributed by atoms with Crippen LogP contribution in [0.3, 0.4) is 0 Å². The third kappa shape index (κ3) is 2.76. The van der Waals surface area contributed by atoms with Crippen molar-refractivity contribution in [1.29, 1.82) is 0 Å². The van der Waals surface area contributed by atoms with E-state index >= 15 is 0 Å². The molecule has 0 heterocycles. The Bertz CT molecular complexity index is 696. The van der Waals surface area contributed by atoms with E-state index in [9.17, 15) is 14.7 Å². The molecule has 0 aliphatic rings. The first-order chi connectivity index (χ1) is 9.40. The lowest BCUT2D eigenvalue weighted by atomic mass is 9.99. The smallest absolute Gasteiger partial charge is 0.252 e. The number of hydrogen-bond acceptors (Lipinski definition) is 3. The monoisotopic (exact) mass is 309 g/mol. The minimum Gasteiger partial charge on any atom is -0.506 e. The highest BCUT2D eigenvalue weighted by Crippen LogP contribution is 2.29. The quantitative estimate of drug-likeness (QED) is 0.855. The third-order valence-electron chi connectivity index (χ3n) is 2.69. The van der Waals surface area contributed by atoms with Crippen molar-refractivity contribution >= 4 is 34.9 Å². The van der Waals surface area contributed by atoms with E-state index in [-0.39, 0.29) is 16.1 Å². The van der Waals surface area contributed by atoms with Gasteiger partial charge in [0.1, 0.15) is 5.75 Å². The van der Waals surface area contributed by atoms with Crippen LogP contribution in [0.4, 0.5) is 0 Å².